The zero-order chi connectivity index (χ0) is 16.1. The zero-order valence-corrected chi connectivity index (χ0v) is 13.9. The number of carbonyl (C=O) groups is 2. The summed E-state index contributed by atoms with van der Waals surface area (Å²) in [7, 11) is 0. The van der Waals surface area contributed by atoms with Crippen LogP contribution in [0.3, 0.4) is 0 Å². The highest BCUT2D eigenvalue weighted by atomic mass is 32.1. The van der Waals surface area contributed by atoms with Crippen LogP contribution >= 0.6 is 11.3 Å². The van der Waals surface area contributed by atoms with Gasteiger partial charge in [0.25, 0.3) is 5.91 Å². The minimum absolute atomic E-state index is 0.0319. The Balaban J connectivity index is 2.10. The molecule has 22 heavy (non-hydrogen) atoms. The molecule has 1 N–H and O–H groups in total. The Morgan fingerprint density at radius 1 is 1.50 bits per heavy atom. The number of rotatable bonds is 7. The second-order valence-electron chi connectivity index (χ2n) is 5.60. The van der Waals surface area contributed by atoms with E-state index in [0.29, 0.717) is 11.4 Å². The van der Waals surface area contributed by atoms with Crippen molar-refractivity contribution in [3.63, 3.8) is 0 Å². The van der Waals surface area contributed by atoms with Crippen molar-refractivity contribution in [3.05, 3.63) is 21.4 Å². The van der Waals surface area contributed by atoms with Gasteiger partial charge in [0, 0.05) is 24.6 Å². The molecular weight excluding hydrogens is 302 g/mol. The minimum Gasteiger partial charge on any atom is -0.481 e. The van der Waals surface area contributed by atoms with Crippen LogP contribution in [-0.4, -0.2) is 47.7 Å². The van der Waals surface area contributed by atoms with Gasteiger partial charge in [0.1, 0.15) is 0 Å². The molecule has 0 aromatic carbocycles. The molecule has 1 aromatic heterocycles. The number of carbonyl (C=O) groups excluding carboxylic acids is 1. The van der Waals surface area contributed by atoms with Crippen molar-refractivity contribution in [2.75, 3.05) is 19.7 Å². The topological polar surface area (TPSA) is 66.8 Å². The van der Waals surface area contributed by atoms with Gasteiger partial charge in [-0.1, -0.05) is 6.92 Å². The highest BCUT2D eigenvalue weighted by molar-refractivity contribution is 7.14. The monoisotopic (exact) mass is 325 g/mol. The summed E-state index contributed by atoms with van der Waals surface area (Å²) in [5.41, 5.74) is 1.13. The number of ether oxygens (including phenoxy) is 1. The molecular formula is C16H23NO4S. The van der Waals surface area contributed by atoms with E-state index in [9.17, 15) is 9.59 Å². The van der Waals surface area contributed by atoms with Crippen LogP contribution in [0.2, 0.25) is 0 Å². The summed E-state index contributed by atoms with van der Waals surface area (Å²) < 4.78 is 5.59. The summed E-state index contributed by atoms with van der Waals surface area (Å²) in [5.74, 6) is -0.966. The summed E-state index contributed by atoms with van der Waals surface area (Å²) in [6.45, 7) is 5.51. The largest absolute Gasteiger partial charge is 0.481 e. The lowest BCUT2D eigenvalue weighted by Crippen LogP contribution is -2.38. The van der Waals surface area contributed by atoms with Gasteiger partial charge >= 0.3 is 5.97 Å². The molecule has 2 heterocycles. The quantitative estimate of drug-likeness (QED) is 0.837. The Hall–Kier alpha value is -1.40. The number of thiophene rings is 1. The fraction of sp³-hybridized carbons (Fsp3) is 0.625. The van der Waals surface area contributed by atoms with Crippen molar-refractivity contribution >= 4 is 23.2 Å². The van der Waals surface area contributed by atoms with Gasteiger partial charge in [-0.2, -0.15) is 0 Å². The lowest BCUT2D eigenvalue weighted by molar-refractivity contribution is -0.137. The zero-order valence-electron chi connectivity index (χ0n) is 13.1. The molecule has 0 aliphatic carbocycles. The molecule has 1 aliphatic rings. The van der Waals surface area contributed by atoms with Crippen LogP contribution in [-0.2, 0) is 16.0 Å². The average molecular weight is 325 g/mol. The van der Waals surface area contributed by atoms with Crippen molar-refractivity contribution in [1.29, 1.82) is 0 Å². The van der Waals surface area contributed by atoms with E-state index in [2.05, 4.69) is 6.92 Å². The summed E-state index contributed by atoms with van der Waals surface area (Å²) in [6, 6.07) is 1.91. The van der Waals surface area contributed by atoms with Crippen molar-refractivity contribution in [3.8, 4) is 0 Å². The highest BCUT2D eigenvalue weighted by Gasteiger charge is 2.25. The Labute approximate surface area is 134 Å². The predicted octanol–water partition coefficient (Wildman–Crippen LogP) is 2.71. The van der Waals surface area contributed by atoms with Gasteiger partial charge in [-0.15, -0.1) is 11.3 Å². The third kappa shape index (κ3) is 4.30. The predicted molar refractivity (Wildman–Crippen MR) is 85.6 cm³/mol. The molecule has 1 atom stereocenters. The van der Waals surface area contributed by atoms with Gasteiger partial charge in [-0.3, -0.25) is 9.59 Å². The number of amides is 1. The summed E-state index contributed by atoms with van der Waals surface area (Å²) in [4.78, 5) is 27.1. The third-order valence-corrected chi connectivity index (χ3v) is 5.25. The van der Waals surface area contributed by atoms with E-state index < -0.39 is 5.97 Å². The van der Waals surface area contributed by atoms with Crippen molar-refractivity contribution in [2.24, 2.45) is 0 Å². The number of carboxylic acid groups (broad SMARTS) is 1. The van der Waals surface area contributed by atoms with Crippen molar-refractivity contribution < 1.29 is 19.4 Å². The van der Waals surface area contributed by atoms with Crippen LogP contribution in [0.5, 0.6) is 0 Å². The van der Waals surface area contributed by atoms with E-state index in [1.807, 2.05) is 13.0 Å². The van der Waals surface area contributed by atoms with Crippen molar-refractivity contribution in [1.82, 2.24) is 4.90 Å². The summed E-state index contributed by atoms with van der Waals surface area (Å²) in [5, 5.41) is 8.90. The van der Waals surface area contributed by atoms with Gasteiger partial charge in [0.15, 0.2) is 0 Å². The second kappa shape index (κ2) is 7.74. The molecule has 0 radical (unpaired) electrons. The first kappa shape index (κ1) is 17.0. The van der Waals surface area contributed by atoms with E-state index in [0.717, 1.165) is 31.4 Å². The molecule has 1 fully saturated rings. The fourth-order valence-corrected chi connectivity index (χ4v) is 3.75. The second-order valence-corrected chi connectivity index (χ2v) is 6.74. The number of carboxylic acids is 1. The molecule has 1 saturated heterocycles. The Bertz CT molecular complexity index is 534. The highest BCUT2D eigenvalue weighted by Crippen LogP contribution is 2.24. The van der Waals surface area contributed by atoms with Crippen LogP contribution in [0.1, 0.15) is 46.3 Å². The molecule has 6 heteroatoms. The maximum absolute atomic E-state index is 12.7. The Morgan fingerprint density at radius 3 is 2.82 bits per heavy atom. The summed E-state index contributed by atoms with van der Waals surface area (Å²) >= 11 is 1.51. The average Bonchev–Trinajstić information content (AvgIpc) is 3.11. The van der Waals surface area contributed by atoms with E-state index in [1.165, 1.54) is 16.2 Å². The Morgan fingerprint density at radius 2 is 2.27 bits per heavy atom. The maximum Gasteiger partial charge on any atom is 0.305 e. The molecule has 0 spiro atoms. The lowest BCUT2D eigenvalue weighted by Gasteiger charge is -2.24. The van der Waals surface area contributed by atoms with Crippen LogP contribution < -0.4 is 0 Å². The molecule has 1 amide bonds. The first-order valence-electron chi connectivity index (χ1n) is 7.73. The van der Waals surface area contributed by atoms with Crippen LogP contribution in [0.4, 0.5) is 0 Å². The SMILES string of the molecule is CCc1sc(C(=O)N(CCC(=O)O)C[C@H]2CCCO2)cc1C. The number of aliphatic carboxylic acids is 1. The standard InChI is InChI=1S/C16H23NO4S/c1-3-13-11(2)9-14(22-13)16(20)17(7-6-15(18)19)10-12-5-4-8-21-12/h9,12H,3-8,10H2,1-2H3,(H,18,19)/t12-/m1/s1. The minimum atomic E-state index is -0.887. The normalized spacial score (nSPS) is 17.6. The molecule has 0 unspecified atom stereocenters. The van der Waals surface area contributed by atoms with Crippen LogP contribution in [0, 0.1) is 6.92 Å². The molecule has 2 rings (SSSR count). The maximum atomic E-state index is 12.7. The molecule has 1 aliphatic heterocycles. The molecule has 5 nitrogen and oxygen atoms in total. The molecule has 0 saturated carbocycles. The van der Waals surface area contributed by atoms with Gasteiger partial charge in [0.2, 0.25) is 0 Å². The molecule has 1 aromatic rings. The molecule has 0 bridgehead atoms. The number of hydrogen-bond donors (Lipinski definition) is 1. The van der Waals surface area contributed by atoms with E-state index in [1.54, 1.807) is 4.90 Å². The fourth-order valence-electron chi connectivity index (χ4n) is 2.67. The van der Waals surface area contributed by atoms with Crippen molar-refractivity contribution in [2.45, 2.75) is 45.6 Å². The number of nitrogens with zero attached hydrogens (tertiary/aromatic N) is 1. The number of aryl methyl sites for hydroxylation is 2. The van der Waals surface area contributed by atoms with Crippen LogP contribution in [0.15, 0.2) is 6.07 Å². The summed E-state index contributed by atoms with van der Waals surface area (Å²) in [6.07, 6.45) is 2.84. The van der Waals surface area contributed by atoms with E-state index >= 15 is 0 Å². The Kier molecular flexibility index (Phi) is 5.97. The van der Waals surface area contributed by atoms with E-state index in [4.69, 9.17) is 9.84 Å². The lowest BCUT2D eigenvalue weighted by atomic mass is 10.2. The van der Waals surface area contributed by atoms with Gasteiger partial charge < -0.3 is 14.7 Å². The van der Waals surface area contributed by atoms with Gasteiger partial charge in [-0.25, -0.2) is 0 Å². The van der Waals surface area contributed by atoms with Gasteiger partial charge in [0.05, 0.1) is 17.4 Å². The molecule has 122 valence electrons. The van der Waals surface area contributed by atoms with Crippen LogP contribution in [0.25, 0.3) is 0 Å². The van der Waals surface area contributed by atoms with Gasteiger partial charge in [-0.05, 0) is 37.8 Å². The first-order valence-corrected chi connectivity index (χ1v) is 8.55. The first-order chi connectivity index (χ1) is 10.5. The third-order valence-electron chi connectivity index (χ3n) is 3.88. The number of hydrogen-bond acceptors (Lipinski definition) is 4. The smallest absolute Gasteiger partial charge is 0.305 e. The van der Waals surface area contributed by atoms with E-state index in [-0.39, 0.29) is 25.0 Å².